The fourth-order valence-electron chi connectivity index (χ4n) is 3.34. The molecule has 1 aliphatic rings. The first-order chi connectivity index (χ1) is 14.4. The number of rotatable bonds is 4. The van der Waals surface area contributed by atoms with E-state index in [2.05, 4.69) is 20.3 Å². The summed E-state index contributed by atoms with van der Waals surface area (Å²) in [5.74, 6) is -0.375. The number of nitrogen functional groups attached to an aromatic ring is 1. The number of benzene rings is 1. The molecule has 0 saturated carbocycles. The molecule has 3 N–H and O–H groups in total. The van der Waals surface area contributed by atoms with Crippen molar-refractivity contribution < 1.29 is 13.6 Å². The number of urea groups is 1. The second-order valence-electron chi connectivity index (χ2n) is 7.20. The molecule has 3 heterocycles. The van der Waals surface area contributed by atoms with E-state index in [4.69, 9.17) is 5.73 Å². The van der Waals surface area contributed by atoms with Gasteiger partial charge < -0.3 is 10.6 Å². The summed E-state index contributed by atoms with van der Waals surface area (Å²) in [6.45, 7) is 2.25. The Morgan fingerprint density at radius 1 is 1.23 bits per heavy atom. The predicted octanol–water partition coefficient (Wildman–Crippen LogP) is 3.74. The molecule has 2 aromatic heterocycles. The molecule has 1 aromatic carbocycles. The average molecular weight is 410 g/mol. The highest BCUT2D eigenvalue weighted by atomic mass is 19.1. The summed E-state index contributed by atoms with van der Waals surface area (Å²) >= 11 is 0. The summed E-state index contributed by atoms with van der Waals surface area (Å²) in [5, 5.41) is 2.68. The van der Waals surface area contributed by atoms with E-state index in [0.717, 1.165) is 5.56 Å². The molecule has 1 aliphatic heterocycles. The van der Waals surface area contributed by atoms with Gasteiger partial charge in [0, 0.05) is 37.0 Å². The third-order valence-electron chi connectivity index (χ3n) is 5.06. The highest BCUT2D eigenvalue weighted by Crippen LogP contribution is 2.32. The number of nitrogens with zero attached hydrogens (tertiary/aromatic N) is 4. The van der Waals surface area contributed by atoms with Gasteiger partial charge in [-0.05, 0) is 48.9 Å². The van der Waals surface area contributed by atoms with Crippen LogP contribution in [0.3, 0.4) is 0 Å². The van der Waals surface area contributed by atoms with E-state index < -0.39 is 12.2 Å². The maximum Gasteiger partial charge on any atom is 0.323 e. The molecule has 2 amide bonds. The van der Waals surface area contributed by atoms with Crippen LogP contribution in [-0.2, 0) is 0 Å². The van der Waals surface area contributed by atoms with Crippen LogP contribution in [-0.4, -0.2) is 39.0 Å². The molecular formula is C21H20F2N6O. The van der Waals surface area contributed by atoms with Crippen molar-refractivity contribution in [3.05, 3.63) is 66.0 Å². The van der Waals surface area contributed by atoms with Gasteiger partial charge in [-0.1, -0.05) is 0 Å². The van der Waals surface area contributed by atoms with E-state index in [1.807, 2.05) is 0 Å². The highest BCUT2D eigenvalue weighted by Gasteiger charge is 2.38. The molecular weight excluding hydrogens is 390 g/mol. The number of anilines is 2. The summed E-state index contributed by atoms with van der Waals surface area (Å²) in [6, 6.07) is 8.93. The van der Waals surface area contributed by atoms with Crippen LogP contribution in [0.2, 0.25) is 0 Å². The van der Waals surface area contributed by atoms with Gasteiger partial charge in [0.2, 0.25) is 0 Å². The molecule has 3 aromatic rings. The molecule has 30 heavy (non-hydrogen) atoms. The Hall–Kier alpha value is -3.62. The Bertz CT molecular complexity index is 1070. The van der Waals surface area contributed by atoms with Gasteiger partial charge in [-0.15, -0.1) is 0 Å². The fourth-order valence-corrected chi connectivity index (χ4v) is 3.34. The lowest BCUT2D eigenvalue weighted by Gasteiger charge is -2.40. The van der Waals surface area contributed by atoms with Crippen LogP contribution < -0.4 is 11.1 Å². The molecule has 1 atom stereocenters. The minimum absolute atomic E-state index is 0.121. The van der Waals surface area contributed by atoms with Crippen LogP contribution in [0.5, 0.6) is 0 Å². The maximum atomic E-state index is 14.5. The van der Waals surface area contributed by atoms with Crippen molar-refractivity contribution >= 4 is 17.5 Å². The Balaban J connectivity index is 1.43. The van der Waals surface area contributed by atoms with Crippen LogP contribution in [0.1, 0.15) is 17.6 Å². The molecule has 1 unspecified atom stereocenters. The third kappa shape index (κ3) is 3.91. The quantitative estimate of drug-likeness (QED) is 0.683. The second kappa shape index (κ2) is 8.02. The van der Waals surface area contributed by atoms with Crippen LogP contribution in [0.15, 0.2) is 48.8 Å². The van der Waals surface area contributed by atoms with E-state index in [9.17, 15) is 13.6 Å². The molecule has 7 nitrogen and oxygen atoms in total. The fraction of sp³-hybridized carbons (Fsp3) is 0.238. The van der Waals surface area contributed by atoms with Gasteiger partial charge >= 0.3 is 6.03 Å². The summed E-state index contributed by atoms with van der Waals surface area (Å²) in [4.78, 5) is 26.3. The van der Waals surface area contributed by atoms with Gasteiger partial charge in [-0.3, -0.25) is 5.32 Å². The van der Waals surface area contributed by atoms with Gasteiger partial charge in [-0.25, -0.2) is 28.5 Å². The van der Waals surface area contributed by atoms with Gasteiger partial charge in [0.05, 0.1) is 11.4 Å². The molecule has 1 saturated heterocycles. The van der Waals surface area contributed by atoms with Crippen molar-refractivity contribution in [3.8, 4) is 11.3 Å². The SMILES string of the molecule is Cc1cc(F)ccc1-c1ccc(N)c(NC(=O)N2CC(C(F)c3ncccn3)C2)n1. The van der Waals surface area contributed by atoms with Crippen LogP contribution >= 0.6 is 0 Å². The minimum Gasteiger partial charge on any atom is -0.396 e. The molecule has 0 bridgehead atoms. The van der Waals surface area contributed by atoms with Crippen LogP contribution in [0.4, 0.5) is 25.1 Å². The zero-order valence-corrected chi connectivity index (χ0v) is 16.2. The largest absolute Gasteiger partial charge is 0.396 e. The zero-order valence-electron chi connectivity index (χ0n) is 16.2. The van der Waals surface area contributed by atoms with E-state index >= 15 is 0 Å². The van der Waals surface area contributed by atoms with E-state index in [1.165, 1.54) is 29.4 Å². The number of alkyl halides is 1. The lowest BCUT2D eigenvalue weighted by Crippen LogP contribution is -2.53. The number of hydrogen-bond acceptors (Lipinski definition) is 5. The summed E-state index contributed by atoms with van der Waals surface area (Å²) in [6.07, 6.45) is 1.65. The highest BCUT2D eigenvalue weighted by molar-refractivity contribution is 5.92. The van der Waals surface area contributed by atoms with Crippen molar-refractivity contribution in [2.45, 2.75) is 13.1 Å². The Labute approximate surface area is 172 Å². The van der Waals surface area contributed by atoms with Gasteiger partial charge in [0.25, 0.3) is 0 Å². The van der Waals surface area contributed by atoms with Gasteiger partial charge in [-0.2, -0.15) is 0 Å². The maximum absolute atomic E-state index is 14.5. The Kier molecular flexibility index (Phi) is 5.26. The van der Waals surface area contributed by atoms with Crippen molar-refractivity contribution in [1.82, 2.24) is 19.9 Å². The standard InChI is InChI=1S/C21H20F2N6O/c1-12-9-14(22)3-4-15(12)17-6-5-16(24)19(27-17)28-21(30)29-10-13(11-29)18(23)20-25-7-2-8-26-20/h2-9,13,18H,10-11,24H2,1H3,(H,27,28,30). The number of nitrogens with two attached hydrogens (primary N) is 1. The van der Waals surface area contributed by atoms with Crippen molar-refractivity contribution in [2.75, 3.05) is 24.1 Å². The van der Waals surface area contributed by atoms with Gasteiger partial charge in [0.15, 0.2) is 17.8 Å². The number of halogens is 2. The molecule has 9 heteroatoms. The molecule has 0 spiro atoms. The molecule has 0 radical (unpaired) electrons. The van der Waals surface area contributed by atoms with E-state index in [-0.39, 0.29) is 36.5 Å². The van der Waals surface area contributed by atoms with E-state index in [1.54, 1.807) is 31.2 Å². The lowest BCUT2D eigenvalue weighted by atomic mass is 9.94. The van der Waals surface area contributed by atoms with Crippen molar-refractivity contribution in [1.29, 1.82) is 0 Å². The number of hydrogen-bond donors (Lipinski definition) is 2. The summed E-state index contributed by atoms with van der Waals surface area (Å²) in [5.41, 5.74) is 8.26. The summed E-state index contributed by atoms with van der Waals surface area (Å²) in [7, 11) is 0. The molecule has 0 aliphatic carbocycles. The number of pyridine rings is 1. The third-order valence-corrected chi connectivity index (χ3v) is 5.06. The number of carbonyl (C=O) groups is 1. The first-order valence-corrected chi connectivity index (χ1v) is 9.42. The first-order valence-electron chi connectivity index (χ1n) is 9.42. The smallest absolute Gasteiger partial charge is 0.323 e. The van der Waals surface area contributed by atoms with Gasteiger partial charge in [0.1, 0.15) is 5.82 Å². The molecule has 4 rings (SSSR count). The Morgan fingerprint density at radius 2 is 1.97 bits per heavy atom. The van der Waals surface area contributed by atoms with Crippen LogP contribution in [0.25, 0.3) is 11.3 Å². The lowest BCUT2D eigenvalue weighted by molar-refractivity contribution is 0.0653. The van der Waals surface area contributed by atoms with Crippen LogP contribution in [0, 0.1) is 18.7 Å². The number of nitrogens with one attached hydrogen (secondary N) is 1. The first kappa shape index (κ1) is 19.7. The zero-order chi connectivity index (χ0) is 21.3. The van der Waals surface area contributed by atoms with Crippen molar-refractivity contribution in [2.24, 2.45) is 5.92 Å². The number of aryl methyl sites for hydroxylation is 1. The number of likely N-dealkylation sites (tertiary alicyclic amines) is 1. The molecule has 154 valence electrons. The minimum atomic E-state index is -1.33. The topological polar surface area (TPSA) is 97.0 Å². The number of carbonyl (C=O) groups excluding carboxylic acids is 1. The van der Waals surface area contributed by atoms with Crippen molar-refractivity contribution in [3.63, 3.8) is 0 Å². The Morgan fingerprint density at radius 3 is 2.67 bits per heavy atom. The van der Waals surface area contributed by atoms with E-state index in [0.29, 0.717) is 16.9 Å². The predicted molar refractivity (Wildman–Crippen MR) is 109 cm³/mol. The number of aromatic nitrogens is 3. The monoisotopic (exact) mass is 410 g/mol. The average Bonchev–Trinajstić information content (AvgIpc) is 2.69. The summed E-state index contributed by atoms with van der Waals surface area (Å²) < 4.78 is 27.8. The number of amides is 2. The second-order valence-corrected chi connectivity index (χ2v) is 7.20. The normalized spacial score (nSPS) is 14.8. The molecule has 1 fully saturated rings.